The van der Waals surface area contributed by atoms with E-state index in [0.717, 1.165) is 58.3 Å². The fraction of sp³-hybridized carbons (Fsp3) is 0.393. The number of ether oxygens (including phenoxy) is 1. The van der Waals surface area contributed by atoms with Crippen molar-refractivity contribution >= 4 is 57.1 Å². The third-order valence-electron chi connectivity index (χ3n) is 7.00. The molecule has 0 unspecified atom stereocenters. The summed E-state index contributed by atoms with van der Waals surface area (Å²) in [6, 6.07) is 11.2. The number of hydrogen-bond donors (Lipinski definition) is 1. The molecule has 2 saturated heterocycles. The molecule has 2 fully saturated rings. The summed E-state index contributed by atoms with van der Waals surface area (Å²) in [6.45, 7) is 3.97. The van der Waals surface area contributed by atoms with Crippen LogP contribution in [-0.2, 0) is 0 Å². The molecule has 0 spiro atoms. The number of methoxy groups -OCH3 is 1. The fourth-order valence-corrected chi connectivity index (χ4v) is 6.84. The minimum absolute atomic E-state index is 0.0755. The number of phenolic OH excluding ortho intramolecular Hbond substituents is 1. The number of thiazole rings is 1. The number of aromatic hydroxyl groups is 1. The van der Waals surface area contributed by atoms with Gasteiger partial charge in [0.05, 0.1) is 23.0 Å². The lowest BCUT2D eigenvalue weighted by atomic mass is 10.1. The molecule has 0 atom stereocenters. The van der Waals surface area contributed by atoms with Gasteiger partial charge in [0.25, 0.3) is 0 Å². The molecule has 6 rings (SSSR count). The van der Waals surface area contributed by atoms with Gasteiger partial charge < -0.3 is 19.6 Å². The van der Waals surface area contributed by atoms with E-state index in [1.54, 1.807) is 29.7 Å². The Morgan fingerprint density at radius 3 is 2.26 bits per heavy atom. The van der Waals surface area contributed by atoms with Crippen LogP contribution in [-0.4, -0.2) is 64.5 Å². The van der Waals surface area contributed by atoms with Gasteiger partial charge in [0.1, 0.15) is 0 Å². The molecule has 4 heterocycles. The van der Waals surface area contributed by atoms with Gasteiger partial charge in [0.2, 0.25) is 17.1 Å². The van der Waals surface area contributed by atoms with Crippen molar-refractivity contribution in [2.75, 3.05) is 43.1 Å². The summed E-state index contributed by atoms with van der Waals surface area (Å²) in [6.07, 6.45) is 8.87. The Balaban J connectivity index is 1.25. The molecule has 0 aliphatic carbocycles. The summed E-state index contributed by atoms with van der Waals surface area (Å²) in [5.41, 5.74) is 2.29. The second kappa shape index (κ2) is 11.7. The SMILES string of the molecule is COc1cccc(C=Nc2ccc3nc(Sc4nc(N5CCCCC5)nc(N5CCCCC5)n4)sc3c2)c1O. The average Bonchev–Trinajstić information content (AvgIpc) is 3.39. The molecule has 0 radical (unpaired) electrons. The van der Waals surface area contributed by atoms with E-state index in [-0.39, 0.29) is 5.75 Å². The molecule has 2 aromatic heterocycles. The van der Waals surface area contributed by atoms with Crippen molar-refractivity contribution in [2.24, 2.45) is 4.99 Å². The number of hydrogen-bond acceptors (Lipinski definition) is 11. The lowest BCUT2D eigenvalue weighted by molar-refractivity contribution is 0.373. The maximum Gasteiger partial charge on any atom is 0.231 e. The Bertz CT molecular complexity index is 1440. The number of piperidine rings is 2. The minimum Gasteiger partial charge on any atom is -0.504 e. The van der Waals surface area contributed by atoms with Crippen LogP contribution in [0.3, 0.4) is 0 Å². The second-order valence-electron chi connectivity index (χ2n) is 9.70. The quantitative estimate of drug-likeness (QED) is 0.269. The van der Waals surface area contributed by atoms with Crippen LogP contribution in [0.1, 0.15) is 44.1 Å². The van der Waals surface area contributed by atoms with Gasteiger partial charge in [0, 0.05) is 38.0 Å². The zero-order valence-electron chi connectivity index (χ0n) is 21.9. The zero-order valence-corrected chi connectivity index (χ0v) is 23.5. The Morgan fingerprint density at radius 2 is 1.59 bits per heavy atom. The monoisotopic (exact) mass is 561 g/mol. The molecule has 39 heavy (non-hydrogen) atoms. The summed E-state index contributed by atoms with van der Waals surface area (Å²) in [7, 11) is 1.53. The number of anilines is 2. The van der Waals surface area contributed by atoms with Gasteiger partial charge in [-0.05, 0) is 80.6 Å². The molecule has 2 aliphatic rings. The summed E-state index contributed by atoms with van der Waals surface area (Å²) in [5, 5.41) is 11.0. The number of rotatable bonds is 7. The maximum atomic E-state index is 10.3. The van der Waals surface area contributed by atoms with Crippen LogP contribution in [0.4, 0.5) is 17.6 Å². The molecule has 11 heteroatoms. The zero-order chi connectivity index (χ0) is 26.6. The Labute approximate surface area is 236 Å². The van der Waals surface area contributed by atoms with Crippen molar-refractivity contribution in [1.29, 1.82) is 0 Å². The molecular formula is C28H31N7O2S2. The average molecular weight is 562 g/mol. The van der Waals surface area contributed by atoms with Crippen LogP contribution in [0.5, 0.6) is 11.5 Å². The highest BCUT2D eigenvalue weighted by Gasteiger charge is 2.21. The minimum atomic E-state index is 0.0755. The smallest absolute Gasteiger partial charge is 0.231 e. The highest BCUT2D eigenvalue weighted by Crippen LogP contribution is 2.36. The highest BCUT2D eigenvalue weighted by atomic mass is 32.2. The second-order valence-corrected chi connectivity index (χ2v) is 11.9. The number of aliphatic imine (C=N–C) groups is 1. The molecule has 4 aromatic rings. The maximum absolute atomic E-state index is 10.3. The van der Waals surface area contributed by atoms with E-state index in [4.69, 9.17) is 24.7 Å². The van der Waals surface area contributed by atoms with Crippen molar-refractivity contribution in [2.45, 2.75) is 48.0 Å². The first-order valence-electron chi connectivity index (χ1n) is 13.4. The number of fused-ring (bicyclic) bond motifs is 1. The van der Waals surface area contributed by atoms with E-state index in [1.165, 1.54) is 57.4 Å². The van der Waals surface area contributed by atoms with Crippen LogP contribution in [0, 0.1) is 0 Å². The third kappa shape index (κ3) is 5.94. The lowest BCUT2D eigenvalue weighted by Gasteiger charge is -2.30. The standard InChI is InChI=1S/C28H31N7O2S2/c1-37-22-10-8-9-19(24(22)36)18-29-20-11-12-21-23(17-20)38-28(30-21)39-27-32-25(34-13-4-2-5-14-34)31-26(33-27)35-15-6-3-7-16-35/h8-12,17-18,36H,2-7,13-16H2,1H3. The Morgan fingerprint density at radius 1 is 0.897 bits per heavy atom. The molecule has 0 amide bonds. The van der Waals surface area contributed by atoms with Gasteiger partial charge in [-0.3, -0.25) is 4.99 Å². The summed E-state index contributed by atoms with van der Waals surface area (Å²) < 4.78 is 7.11. The number of phenols is 1. The van der Waals surface area contributed by atoms with Crippen molar-refractivity contribution in [1.82, 2.24) is 19.9 Å². The Hall–Kier alpha value is -3.44. The molecule has 202 valence electrons. The van der Waals surface area contributed by atoms with E-state index in [9.17, 15) is 5.11 Å². The van der Waals surface area contributed by atoms with Crippen molar-refractivity contribution in [3.05, 3.63) is 42.0 Å². The summed E-state index contributed by atoms with van der Waals surface area (Å²) in [5.74, 6) is 2.06. The van der Waals surface area contributed by atoms with Gasteiger partial charge in [-0.2, -0.15) is 15.0 Å². The number of nitrogens with zero attached hydrogens (tertiary/aromatic N) is 7. The molecule has 1 N–H and O–H groups in total. The van der Waals surface area contributed by atoms with Crippen LogP contribution in [0.2, 0.25) is 0 Å². The number of para-hydroxylation sites is 1. The normalized spacial score (nSPS) is 16.3. The third-order valence-corrected chi connectivity index (χ3v) is 8.95. The first-order valence-corrected chi connectivity index (χ1v) is 15.0. The van der Waals surface area contributed by atoms with Crippen molar-refractivity contribution in [3.63, 3.8) is 0 Å². The van der Waals surface area contributed by atoms with E-state index in [1.807, 2.05) is 24.3 Å². The topological polar surface area (TPSA) is 99.9 Å². The van der Waals surface area contributed by atoms with Gasteiger partial charge in [-0.1, -0.05) is 6.07 Å². The molecular weight excluding hydrogens is 530 g/mol. The lowest BCUT2D eigenvalue weighted by Crippen LogP contribution is -2.34. The van der Waals surface area contributed by atoms with Crippen LogP contribution in [0.25, 0.3) is 10.2 Å². The van der Waals surface area contributed by atoms with Gasteiger partial charge in [-0.25, -0.2) is 4.98 Å². The first-order chi connectivity index (χ1) is 19.2. The van der Waals surface area contributed by atoms with Crippen LogP contribution in [0.15, 0.2) is 50.9 Å². The number of benzene rings is 2. The summed E-state index contributed by atoms with van der Waals surface area (Å²) >= 11 is 3.10. The summed E-state index contributed by atoms with van der Waals surface area (Å²) in [4.78, 5) is 28.6. The molecule has 2 aromatic carbocycles. The molecule has 0 saturated carbocycles. The van der Waals surface area contributed by atoms with Gasteiger partial charge in [-0.15, -0.1) is 11.3 Å². The fourth-order valence-electron chi connectivity index (χ4n) is 4.90. The van der Waals surface area contributed by atoms with E-state index in [0.29, 0.717) is 16.5 Å². The molecule has 0 bridgehead atoms. The van der Waals surface area contributed by atoms with E-state index < -0.39 is 0 Å². The predicted octanol–water partition coefficient (Wildman–Crippen LogP) is 6.08. The number of aromatic nitrogens is 4. The van der Waals surface area contributed by atoms with Crippen LogP contribution < -0.4 is 14.5 Å². The Kier molecular flexibility index (Phi) is 7.78. The van der Waals surface area contributed by atoms with Gasteiger partial charge >= 0.3 is 0 Å². The van der Waals surface area contributed by atoms with Crippen molar-refractivity contribution in [3.8, 4) is 11.5 Å². The van der Waals surface area contributed by atoms with E-state index >= 15 is 0 Å². The largest absolute Gasteiger partial charge is 0.504 e. The van der Waals surface area contributed by atoms with Crippen molar-refractivity contribution < 1.29 is 9.84 Å². The predicted molar refractivity (Wildman–Crippen MR) is 158 cm³/mol. The molecule has 9 nitrogen and oxygen atoms in total. The highest BCUT2D eigenvalue weighted by molar-refractivity contribution is 8.01. The van der Waals surface area contributed by atoms with Crippen LogP contribution >= 0.6 is 23.1 Å². The first kappa shape index (κ1) is 25.8. The molecule has 2 aliphatic heterocycles. The van der Waals surface area contributed by atoms with Gasteiger partial charge in [0.15, 0.2) is 15.8 Å². The van der Waals surface area contributed by atoms with E-state index in [2.05, 4.69) is 14.8 Å².